The predicted molar refractivity (Wildman–Crippen MR) is 137 cm³/mol. The number of ether oxygens (including phenoxy) is 1. The SMILES string of the molecule is CCN(CC)C(CNC(=NCc1nnc(C)n1C)NCCOC)c1ccccc1Cl.I. The number of nitrogens with zero attached hydrogens (tertiary/aromatic N) is 5. The molecule has 1 unspecified atom stereocenters. The number of aromatic nitrogens is 3. The molecule has 0 aliphatic carbocycles. The molecule has 1 atom stereocenters. The van der Waals surface area contributed by atoms with Gasteiger partial charge >= 0.3 is 0 Å². The van der Waals surface area contributed by atoms with Crippen LogP contribution >= 0.6 is 35.6 Å². The summed E-state index contributed by atoms with van der Waals surface area (Å²) in [6, 6.07) is 8.14. The highest BCUT2D eigenvalue weighted by atomic mass is 127. The lowest BCUT2D eigenvalue weighted by molar-refractivity contribution is 0.203. The number of likely N-dealkylation sites (N-methyl/N-ethyl adjacent to an activating group) is 1. The standard InChI is InChI=1S/C21H34ClN7O.HI/c1-6-29(7-2)19(17-10-8-9-11-18(17)22)14-24-21(23-12-13-30-5)25-15-20-27-26-16(3)28(20)4;/h8-11,19H,6-7,12-15H2,1-5H3,(H2,23,24,25);1H. The van der Waals surface area contributed by atoms with Crippen LogP contribution in [0.2, 0.25) is 5.02 Å². The number of hydrogen-bond donors (Lipinski definition) is 2. The molecule has 174 valence electrons. The Bertz CT molecular complexity index is 811. The number of nitrogens with one attached hydrogen (secondary N) is 2. The third kappa shape index (κ3) is 8.21. The van der Waals surface area contributed by atoms with E-state index in [9.17, 15) is 0 Å². The Hall–Kier alpha value is -1.43. The van der Waals surface area contributed by atoms with Crippen molar-refractivity contribution >= 4 is 41.5 Å². The molecule has 0 aliphatic heterocycles. The van der Waals surface area contributed by atoms with Crippen LogP contribution in [-0.2, 0) is 18.3 Å². The van der Waals surface area contributed by atoms with Crippen LogP contribution in [0.4, 0.5) is 0 Å². The zero-order valence-corrected chi connectivity index (χ0v) is 22.1. The second kappa shape index (κ2) is 14.6. The lowest BCUT2D eigenvalue weighted by Crippen LogP contribution is -2.44. The molecule has 1 aromatic carbocycles. The largest absolute Gasteiger partial charge is 0.383 e. The summed E-state index contributed by atoms with van der Waals surface area (Å²) in [6.07, 6.45) is 0. The molecule has 0 radical (unpaired) electrons. The van der Waals surface area contributed by atoms with Crippen molar-refractivity contribution in [1.82, 2.24) is 30.3 Å². The quantitative estimate of drug-likeness (QED) is 0.189. The first-order chi connectivity index (χ1) is 14.5. The van der Waals surface area contributed by atoms with Gasteiger partial charge in [0.05, 0.1) is 12.6 Å². The van der Waals surface area contributed by atoms with Gasteiger partial charge in [0.25, 0.3) is 0 Å². The Morgan fingerprint density at radius 1 is 1.23 bits per heavy atom. The van der Waals surface area contributed by atoms with E-state index in [4.69, 9.17) is 21.3 Å². The minimum Gasteiger partial charge on any atom is -0.383 e. The van der Waals surface area contributed by atoms with Crippen LogP contribution in [0.3, 0.4) is 0 Å². The fourth-order valence-electron chi connectivity index (χ4n) is 3.22. The van der Waals surface area contributed by atoms with Crippen molar-refractivity contribution in [2.24, 2.45) is 12.0 Å². The molecule has 0 spiro atoms. The summed E-state index contributed by atoms with van der Waals surface area (Å²) in [7, 11) is 3.63. The third-order valence-electron chi connectivity index (χ3n) is 5.14. The molecule has 1 heterocycles. The van der Waals surface area contributed by atoms with Crippen LogP contribution in [0.25, 0.3) is 0 Å². The molecule has 0 aliphatic rings. The Morgan fingerprint density at radius 2 is 1.94 bits per heavy atom. The smallest absolute Gasteiger partial charge is 0.191 e. The maximum atomic E-state index is 6.52. The van der Waals surface area contributed by atoms with Crippen molar-refractivity contribution in [1.29, 1.82) is 0 Å². The van der Waals surface area contributed by atoms with Gasteiger partial charge in [-0.15, -0.1) is 34.2 Å². The average Bonchev–Trinajstić information content (AvgIpc) is 3.07. The first-order valence-corrected chi connectivity index (χ1v) is 10.7. The molecule has 0 fully saturated rings. The van der Waals surface area contributed by atoms with Crippen LogP contribution in [0.15, 0.2) is 29.3 Å². The van der Waals surface area contributed by atoms with Gasteiger partial charge in [0.15, 0.2) is 11.8 Å². The fraction of sp³-hybridized carbons (Fsp3) is 0.571. The molecule has 2 rings (SSSR count). The van der Waals surface area contributed by atoms with Gasteiger partial charge in [0.2, 0.25) is 0 Å². The minimum absolute atomic E-state index is 0. The zero-order chi connectivity index (χ0) is 21.9. The van der Waals surface area contributed by atoms with Crippen LogP contribution < -0.4 is 10.6 Å². The van der Waals surface area contributed by atoms with Crippen molar-refractivity contribution < 1.29 is 4.74 Å². The van der Waals surface area contributed by atoms with E-state index < -0.39 is 0 Å². The Labute approximate surface area is 207 Å². The van der Waals surface area contributed by atoms with Crippen LogP contribution in [0.1, 0.15) is 37.1 Å². The normalized spacial score (nSPS) is 12.5. The number of halogens is 2. The van der Waals surface area contributed by atoms with Crippen molar-refractivity contribution in [2.75, 3.05) is 39.9 Å². The second-order valence-electron chi connectivity index (χ2n) is 6.95. The molecule has 0 bridgehead atoms. The van der Waals surface area contributed by atoms with E-state index in [-0.39, 0.29) is 30.0 Å². The molecule has 0 saturated heterocycles. The zero-order valence-electron chi connectivity index (χ0n) is 19.1. The molecule has 1 aromatic heterocycles. The molecular formula is C21H35ClIN7O. The summed E-state index contributed by atoms with van der Waals surface area (Å²) in [5.41, 5.74) is 1.11. The summed E-state index contributed by atoms with van der Waals surface area (Å²) in [6.45, 7) is 10.4. The lowest BCUT2D eigenvalue weighted by atomic mass is 10.0. The summed E-state index contributed by atoms with van der Waals surface area (Å²) in [5.74, 6) is 2.38. The highest BCUT2D eigenvalue weighted by Crippen LogP contribution is 2.26. The van der Waals surface area contributed by atoms with Gasteiger partial charge in [-0.2, -0.15) is 0 Å². The highest BCUT2D eigenvalue weighted by Gasteiger charge is 2.20. The predicted octanol–water partition coefficient (Wildman–Crippen LogP) is 3.16. The number of aliphatic imine (C=N–C) groups is 1. The number of hydrogen-bond acceptors (Lipinski definition) is 5. The first kappa shape index (κ1) is 27.6. The molecule has 10 heteroatoms. The summed E-state index contributed by atoms with van der Waals surface area (Å²) >= 11 is 6.52. The average molecular weight is 564 g/mol. The van der Waals surface area contributed by atoms with Crippen molar-refractivity contribution in [3.63, 3.8) is 0 Å². The molecule has 31 heavy (non-hydrogen) atoms. The van der Waals surface area contributed by atoms with Crippen LogP contribution in [0.5, 0.6) is 0 Å². The molecule has 8 nitrogen and oxygen atoms in total. The van der Waals surface area contributed by atoms with E-state index in [1.165, 1.54) is 0 Å². The van der Waals surface area contributed by atoms with Gasteiger partial charge < -0.3 is 19.9 Å². The molecule has 2 aromatic rings. The highest BCUT2D eigenvalue weighted by molar-refractivity contribution is 14.0. The van der Waals surface area contributed by atoms with Crippen molar-refractivity contribution in [3.05, 3.63) is 46.5 Å². The van der Waals surface area contributed by atoms with Gasteiger partial charge in [-0.3, -0.25) is 4.90 Å². The second-order valence-corrected chi connectivity index (χ2v) is 7.35. The van der Waals surface area contributed by atoms with E-state index in [0.717, 1.165) is 35.3 Å². The number of aryl methyl sites for hydroxylation is 1. The van der Waals surface area contributed by atoms with Crippen molar-refractivity contribution in [3.8, 4) is 0 Å². The van der Waals surface area contributed by atoms with E-state index in [1.54, 1.807) is 7.11 Å². The van der Waals surface area contributed by atoms with Gasteiger partial charge in [-0.05, 0) is 31.6 Å². The summed E-state index contributed by atoms with van der Waals surface area (Å²) in [4.78, 5) is 7.08. The minimum atomic E-state index is 0. The maximum absolute atomic E-state index is 6.52. The van der Waals surface area contributed by atoms with Crippen LogP contribution in [0, 0.1) is 6.92 Å². The van der Waals surface area contributed by atoms with Crippen molar-refractivity contribution in [2.45, 2.75) is 33.4 Å². The topological polar surface area (TPSA) is 79.6 Å². The summed E-state index contributed by atoms with van der Waals surface area (Å²) in [5, 5.41) is 15.9. The van der Waals surface area contributed by atoms with E-state index >= 15 is 0 Å². The van der Waals surface area contributed by atoms with E-state index in [1.807, 2.05) is 36.7 Å². The van der Waals surface area contributed by atoms with Crippen LogP contribution in [-0.4, -0.2) is 65.5 Å². The number of methoxy groups -OCH3 is 1. The number of benzene rings is 1. The van der Waals surface area contributed by atoms with E-state index in [0.29, 0.717) is 32.2 Å². The molecule has 0 saturated carbocycles. The Kier molecular flexibility index (Phi) is 13.0. The monoisotopic (exact) mass is 563 g/mol. The third-order valence-corrected chi connectivity index (χ3v) is 5.48. The molecular weight excluding hydrogens is 529 g/mol. The van der Waals surface area contributed by atoms with Gasteiger partial charge in [0.1, 0.15) is 12.4 Å². The van der Waals surface area contributed by atoms with Gasteiger partial charge in [-0.1, -0.05) is 43.6 Å². The van der Waals surface area contributed by atoms with Gasteiger partial charge in [-0.25, -0.2) is 4.99 Å². The first-order valence-electron chi connectivity index (χ1n) is 10.4. The molecule has 2 N–H and O–H groups in total. The fourth-order valence-corrected chi connectivity index (χ4v) is 3.48. The molecule has 0 amide bonds. The maximum Gasteiger partial charge on any atom is 0.191 e. The number of guanidine groups is 1. The van der Waals surface area contributed by atoms with E-state index in [2.05, 4.69) is 45.6 Å². The van der Waals surface area contributed by atoms with Gasteiger partial charge in [0, 0.05) is 32.3 Å². The lowest BCUT2D eigenvalue weighted by Gasteiger charge is -2.31. The number of rotatable bonds is 11. The summed E-state index contributed by atoms with van der Waals surface area (Å²) < 4.78 is 7.11. The Balaban J connectivity index is 0.00000480. The Morgan fingerprint density at radius 3 is 2.52 bits per heavy atom.